The van der Waals surface area contributed by atoms with Crippen LogP contribution in [0, 0.1) is 5.92 Å². The summed E-state index contributed by atoms with van der Waals surface area (Å²) in [5.74, 6) is 1.22. The first kappa shape index (κ1) is 13.2. The largest absolute Gasteiger partial charge is 0.357 e. The zero-order valence-corrected chi connectivity index (χ0v) is 12.5. The van der Waals surface area contributed by atoms with Crippen molar-refractivity contribution in [2.24, 2.45) is 5.92 Å². The summed E-state index contributed by atoms with van der Waals surface area (Å²) >= 11 is 2.99. The van der Waals surface area contributed by atoms with Crippen LogP contribution in [0.5, 0.6) is 0 Å². The molecule has 0 aromatic carbocycles. The molecule has 1 unspecified atom stereocenters. The van der Waals surface area contributed by atoms with Gasteiger partial charge in [0.25, 0.3) is 0 Å². The van der Waals surface area contributed by atoms with Crippen LogP contribution in [0.2, 0.25) is 0 Å². The van der Waals surface area contributed by atoms with Gasteiger partial charge in [-0.2, -0.15) is 0 Å². The van der Waals surface area contributed by atoms with E-state index in [1.165, 1.54) is 48.8 Å². The summed E-state index contributed by atoms with van der Waals surface area (Å²) in [5.41, 5.74) is 0. The normalized spacial score (nSPS) is 20.1. The van der Waals surface area contributed by atoms with Gasteiger partial charge in [0.1, 0.15) is 0 Å². The van der Waals surface area contributed by atoms with Crippen molar-refractivity contribution in [3.8, 4) is 0 Å². The Kier molecular flexibility index (Phi) is 3.93. The second-order valence-electron chi connectivity index (χ2n) is 5.27. The smallest absolute Gasteiger partial charge is 0.230 e. The lowest BCUT2D eigenvalue weighted by Crippen LogP contribution is -2.35. The van der Waals surface area contributed by atoms with Gasteiger partial charge in [-0.15, -0.1) is 10.2 Å². The second kappa shape index (κ2) is 5.66. The molecule has 0 aliphatic heterocycles. The summed E-state index contributed by atoms with van der Waals surface area (Å²) in [6, 6.07) is 0.906. The molecule has 5 nitrogen and oxygen atoms in total. The molecule has 2 saturated carbocycles. The Morgan fingerprint density at radius 3 is 2.89 bits per heavy atom. The molecule has 2 fully saturated rings. The third-order valence-electron chi connectivity index (χ3n) is 3.36. The molecule has 0 saturated heterocycles. The van der Waals surface area contributed by atoms with Crippen molar-refractivity contribution < 1.29 is 4.79 Å². The topological polar surface area (TPSA) is 66.9 Å². The Balaban J connectivity index is 1.40. The summed E-state index contributed by atoms with van der Waals surface area (Å²) < 4.78 is 0.859. The van der Waals surface area contributed by atoms with Crippen LogP contribution in [0.4, 0.5) is 5.13 Å². The molecule has 0 spiro atoms. The first-order valence-electron chi connectivity index (χ1n) is 6.73. The lowest BCUT2D eigenvalue weighted by atomic mass is 10.2. The summed E-state index contributed by atoms with van der Waals surface area (Å²) in [5, 5.41) is 15.4. The molecular formula is C12H18N4OS2. The molecule has 1 aromatic rings. The fraction of sp³-hybridized carbons (Fsp3) is 0.750. The molecule has 1 heterocycles. The standard InChI is InChI=1S/C12H18N4OS2/c1-7(8-2-3-8)13-10(17)6-18-12-16-15-11(19-12)14-9-4-5-9/h7-9H,2-6H2,1H3,(H,13,17)(H,14,15). The Hall–Kier alpha value is -0.820. The van der Waals surface area contributed by atoms with E-state index < -0.39 is 0 Å². The number of hydrogen-bond donors (Lipinski definition) is 2. The molecule has 1 aromatic heterocycles. The van der Waals surface area contributed by atoms with Crippen LogP contribution in [-0.2, 0) is 4.79 Å². The van der Waals surface area contributed by atoms with Crippen LogP contribution < -0.4 is 10.6 Å². The average molecular weight is 298 g/mol. The summed E-state index contributed by atoms with van der Waals surface area (Å²) in [6.07, 6.45) is 4.95. The SMILES string of the molecule is CC(NC(=O)CSc1nnc(NC2CC2)s1)C1CC1. The number of anilines is 1. The van der Waals surface area contributed by atoms with Crippen molar-refractivity contribution in [3.05, 3.63) is 0 Å². The van der Waals surface area contributed by atoms with Gasteiger partial charge in [-0.3, -0.25) is 4.79 Å². The van der Waals surface area contributed by atoms with Gasteiger partial charge in [-0.05, 0) is 38.5 Å². The van der Waals surface area contributed by atoms with Gasteiger partial charge in [0, 0.05) is 12.1 Å². The van der Waals surface area contributed by atoms with Gasteiger partial charge in [-0.1, -0.05) is 23.1 Å². The van der Waals surface area contributed by atoms with Crippen LogP contribution in [0.25, 0.3) is 0 Å². The van der Waals surface area contributed by atoms with Gasteiger partial charge in [-0.25, -0.2) is 0 Å². The van der Waals surface area contributed by atoms with Crippen LogP contribution in [0.1, 0.15) is 32.6 Å². The van der Waals surface area contributed by atoms with Crippen LogP contribution in [0.3, 0.4) is 0 Å². The van der Waals surface area contributed by atoms with Crippen molar-refractivity contribution in [2.45, 2.75) is 49.0 Å². The highest BCUT2D eigenvalue weighted by Gasteiger charge is 2.28. The first-order chi connectivity index (χ1) is 9.20. The Morgan fingerprint density at radius 1 is 1.42 bits per heavy atom. The summed E-state index contributed by atoms with van der Waals surface area (Å²) in [7, 11) is 0. The molecule has 2 aliphatic rings. The molecule has 2 aliphatic carbocycles. The number of rotatable bonds is 7. The maximum absolute atomic E-state index is 11.8. The predicted molar refractivity (Wildman–Crippen MR) is 77.6 cm³/mol. The fourth-order valence-electron chi connectivity index (χ4n) is 1.87. The molecule has 1 atom stereocenters. The third-order valence-corrected chi connectivity index (χ3v) is 5.34. The molecule has 104 valence electrons. The maximum Gasteiger partial charge on any atom is 0.230 e. The number of carbonyl (C=O) groups is 1. The fourth-order valence-corrected chi connectivity index (χ4v) is 3.51. The van der Waals surface area contributed by atoms with Gasteiger partial charge in [0.05, 0.1) is 5.75 Å². The minimum Gasteiger partial charge on any atom is -0.357 e. The van der Waals surface area contributed by atoms with Gasteiger partial charge < -0.3 is 10.6 Å². The molecule has 1 amide bonds. The summed E-state index contributed by atoms with van der Waals surface area (Å²) in [6.45, 7) is 2.09. The predicted octanol–water partition coefficient (Wildman–Crippen LogP) is 2.12. The number of carbonyl (C=O) groups excluding carboxylic acids is 1. The number of amides is 1. The minimum absolute atomic E-state index is 0.0938. The Bertz CT molecular complexity index is 456. The van der Waals surface area contributed by atoms with E-state index in [9.17, 15) is 4.79 Å². The number of aromatic nitrogens is 2. The molecule has 0 radical (unpaired) electrons. The lowest BCUT2D eigenvalue weighted by Gasteiger charge is -2.11. The molecule has 3 rings (SSSR count). The molecule has 19 heavy (non-hydrogen) atoms. The van der Waals surface area contributed by atoms with Crippen LogP contribution >= 0.6 is 23.1 Å². The number of nitrogens with zero attached hydrogens (tertiary/aromatic N) is 2. The third kappa shape index (κ3) is 4.07. The van der Waals surface area contributed by atoms with Crippen molar-refractivity contribution in [2.75, 3.05) is 11.1 Å². The maximum atomic E-state index is 11.8. The van der Waals surface area contributed by atoms with E-state index in [0.29, 0.717) is 23.8 Å². The van der Waals surface area contributed by atoms with Crippen molar-refractivity contribution in [3.63, 3.8) is 0 Å². The number of hydrogen-bond acceptors (Lipinski definition) is 6. The highest BCUT2D eigenvalue weighted by molar-refractivity contribution is 8.01. The van der Waals surface area contributed by atoms with Gasteiger partial charge in [0.2, 0.25) is 11.0 Å². The minimum atomic E-state index is 0.0938. The lowest BCUT2D eigenvalue weighted by molar-refractivity contribution is -0.119. The monoisotopic (exact) mass is 298 g/mol. The van der Waals surface area contributed by atoms with Crippen molar-refractivity contribution in [1.29, 1.82) is 0 Å². The summed E-state index contributed by atoms with van der Waals surface area (Å²) in [4.78, 5) is 11.8. The molecule has 7 heteroatoms. The highest BCUT2D eigenvalue weighted by atomic mass is 32.2. The zero-order valence-electron chi connectivity index (χ0n) is 10.9. The van der Waals surface area contributed by atoms with Crippen molar-refractivity contribution >= 4 is 34.1 Å². The van der Waals surface area contributed by atoms with E-state index in [1.54, 1.807) is 0 Å². The molecular weight excluding hydrogens is 280 g/mol. The van der Waals surface area contributed by atoms with E-state index in [1.807, 2.05) is 0 Å². The van der Waals surface area contributed by atoms with Gasteiger partial charge in [0.15, 0.2) is 4.34 Å². The van der Waals surface area contributed by atoms with Crippen molar-refractivity contribution in [1.82, 2.24) is 15.5 Å². The molecule has 2 N–H and O–H groups in total. The Labute approximate surface area is 121 Å². The average Bonchev–Trinajstić information content (AvgIpc) is 3.26. The number of nitrogens with one attached hydrogen (secondary N) is 2. The quantitative estimate of drug-likeness (QED) is 0.755. The Morgan fingerprint density at radius 2 is 2.21 bits per heavy atom. The van der Waals surface area contributed by atoms with E-state index in [-0.39, 0.29) is 5.91 Å². The number of thioether (sulfide) groups is 1. The van der Waals surface area contributed by atoms with E-state index >= 15 is 0 Å². The molecule has 0 bridgehead atoms. The van der Waals surface area contributed by atoms with Gasteiger partial charge >= 0.3 is 0 Å². The van der Waals surface area contributed by atoms with E-state index in [4.69, 9.17) is 0 Å². The zero-order chi connectivity index (χ0) is 13.2. The van der Waals surface area contributed by atoms with E-state index in [2.05, 4.69) is 27.8 Å². The van der Waals surface area contributed by atoms with Crippen LogP contribution in [-0.4, -0.2) is 33.9 Å². The highest BCUT2D eigenvalue weighted by Crippen LogP contribution is 2.32. The van der Waals surface area contributed by atoms with Crippen LogP contribution in [0.15, 0.2) is 4.34 Å². The first-order valence-corrected chi connectivity index (χ1v) is 8.53. The van der Waals surface area contributed by atoms with E-state index in [0.717, 1.165) is 9.47 Å². The second-order valence-corrected chi connectivity index (χ2v) is 7.47.